The van der Waals surface area contributed by atoms with Crippen molar-refractivity contribution in [2.75, 3.05) is 5.32 Å². The zero-order valence-corrected chi connectivity index (χ0v) is 11.8. The van der Waals surface area contributed by atoms with E-state index in [1.54, 1.807) is 5.51 Å². The van der Waals surface area contributed by atoms with E-state index in [0.29, 0.717) is 16.7 Å². The van der Waals surface area contributed by atoms with E-state index in [-0.39, 0.29) is 5.69 Å². The van der Waals surface area contributed by atoms with Crippen LogP contribution < -0.4 is 5.32 Å². The first kappa shape index (κ1) is 12.9. The molecule has 18 heavy (non-hydrogen) atoms. The molecule has 2 heterocycles. The summed E-state index contributed by atoms with van der Waals surface area (Å²) < 4.78 is 0.568. The lowest BCUT2D eigenvalue weighted by Gasteiger charge is -2.07. The second-order valence-electron chi connectivity index (χ2n) is 3.49. The van der Waals surface area contributed by atoms with Crippen molar-refractivity contribution in [3.63, 3.8) is 0 Å². The number of anilines is 1. The SMILES string of the molecule is Cc1ncsc1CNc1c(Br)cncc1[N+](=O)[O-]. The fourth-order valence-corrected chi connectivity index (χ4v) is 2.58. The normalized spacial score (nSPS) is 10.3. The monoisotopic (exact) mass is 328 g/mol. The molecule has 0 aromatic carbocycles. The van der Waals surface area contributed by atoms with Crippen molar-refractivity contribution < 1.29 is 4.92 Å². The molecule has 0 bridgehead atoms. The first-order chi connectivity index (χ1) is 8.59. The van der Waals surface area contributed by atoms with Crippen LogP contribution in [0.15, 0.2) is 22.4 Å². The highest BCUT2D eigenvalue weighted by molar-refractivity contribution is 9.10. The van der Waals surface area contributed by atoms with Gasteiger partial charge in [0.2, 0.25) is 0 Å². The van der Waals surface area contributed by atoms with E-state index in [1.165, 1.54) is 23.7 Å². The first-order valence-electron chi connectivity index (χ1n) is 5.00. The lowest BCUT2D eigenvalue weighted by atomic mass is 10.3. The van der Waals surface area contributed by atoms with Crippen LogP contribution in [0, 0.1) is 17.0 Å². The Hall–Kier alpha value is -1.54. The highest BCUT2D eigenvalue weighted by atomic mass is 79.9. The molecule has 6 nitrogen and oxygen atoms in total. The number of rotatable bonds is 4. The predicted octanol–water partition coefficient (Wildman–Crippen LogP) is 3.13. The number of nitro groups is 1. The number of nitrogens with zero attached hydrogens (tertiary/aromatic N) is 3. The number of hydrogen-bond acceptors (Lipinski definition) is 6. The number of pyridine rings is 1. The van der Waals surface area contributed by atoms with Gasteiger partial charge in [-0.15, -0.1) is 11.3 Å². The minimum absolute atomic E-state index is 0.0495. The lowest BCUT2D eigenvalue weighted by molar-refractivity contribution is -0.384. The Morgan fingerprint density at radius 1 is 1.56 bits per heavy atom. The second kappa shape index (κ2) is 5.40. The van der Waals surface area contributed by atoms with E-state index in [9.17, 15) is 10.1 Å². The van der Waals surface area contributed by atoms with Crippen LogP contribution in [0.4, 0.5) is 11.4 Å². The van der Waals surface area contributed by atoms with Crippen LogP contribution in [0.1, 0.15) is 10.6 Å². The molecule has 0 fully saturated rings. The van der Waals surface area contributed by atoms with Crippen LogP contribution in [0.2, 0.25) is 0 Å². The summed E-state index contributed by atoms with van der Waals surface area (Å²) in [6.45, 7) is 2.41. The van der Waals surface area contributed by atoms with E-state index < -0.39 is 4.92 Å². The van der Waals surface area contributed by atoms with E-state index >= 15 is 0 Å². The molecule has 0 amide bonds. The summed E-state index contributed by atoms with van der Waals surface area (Å²) in [7, 11) is 0. The lowest BCUT2D eigenvalue weighted by Crippen LogP contribution is -2.03. The Morgan fingerprint density at radius 3 is 2.94 bits per heavy atom. The first-order valence-corrected chi connectivity index (χ1v) is 6.67. The molecular formula is C10H9BrN4O2S. The number of thiazole rings is 1. The second-order valence-corrected chi connectivity index (χ2v) is 5.28. The molecule has 0 saturated carbocycles. The summed E-state index contributed by atoms with van der Waals surface area (Å²) in [4.78, 5) is 19.4. The molecular weight excluding hydrogens is 320 g/mol. The van der Waals surface area contributed by atoms with Crippen molar-refractivity contribution in [3.8, 4) is 0 Å². The maximum Gasteiger partial charge on any atom is 0.311 e. The molecule has 0 atom stereocenters. The van der Waals surface area contributed by atoms with Crippen molar-refractivity contribution in [3.05, 3.63) is 43.1 Å². The Bertz CT molecular complexity index is 587. The Balaban J connectivity index is 2.24. The zero-order chi connectivity index (χ0) is 13.1. The van der Waals surface area contributed by atoms with Crippen LogP contribution in [0.3, 0.4) is 0 Å². The van der Waals surface area contributed by atoms with Gasteiger partial charge in [-0.25, -0.2) is 4.98 Å². The van der Waals surface area contributed by atoms with Crippen molar-refractivity contribution in [2.24, 2.45) is 0 Å². The molecule has 8 heteroatoms. The van der Waals surface area contributed by atoms with E-state index in [1.807, 2.05) is 6.92 Å². The van der Waals surface area contributed by atoms with E-state index in [4.69, 9.17) is 0 Å². The van der Waals surface area contributed by atoms with Crippen molar-refractivity contribution in [1.29, 1.82) is 0 Å². The molecule has 0 spiro atoms. The van der Waals surface area contributed by atoms with Gasteiger partial charge in [-0.1, -0.05) is 0 Å². The minimum Gasteiger partial charge on any atom is -0.373 e. The molecule has 0 aliphatic rings. The Kier molecular flexibility index (Phi) is 3.87. The summed E-state index contributed by atoms with van der Waals surface area (Å²) in [6, 6.07) is 0. The van der Waals surface area contributed by atoms with Crippen molar-refractivity contribution in [2.45, 2.75) is 13.5 Å². The van der Waals surface area contributed by atoms with Crippen LogP contribution in [0.25, 0.3) is 0 Å². The molecule has 94 valence electrons. The summed E-state index contributed by atoms with van der Waals surface area (Å²) in [6.07, 6.45) is 2.75. The van der Waals surface area contributed by atoms with Gasteiger partial charge in [0.1, 0.15) is 11.9 Å². The summed E-state index contributed by atoms with van der Waals surface area (Å²) in [5.41, 5.74) is 3.07. The van der Waals surface area contributed by atoms with Crippen molar-refractivity contribution >= 4 is 38.6 Å². The number of halogens is 1. The summed E-state index contributed by atoms with van der Waals surface area (Å²) in [5.74, 6) is 0. The maximum absolute atomic E-state index is 10.9. The largest absolute Gasteiger partial charge is 0.373 e. The number of hydrogen-bond donors (Lipinski definition) is 1. The number of aromatic nitrogens is 2. The van der Waals surface area contributed by atoms with Gasteiger partial charge in [-0.3, -0.25) is 15.1 Å². The molecule has 1 N–H and O–H groups in total. The average Bonchev–Trinajstić information content (AvgIpc) is 2.73. The van der Waals surface area contributed by atoms with Crippen molar-refractivity contribution in [1.82, 2.24) is 9.97 Å². The van der Waals surface area contributed by atoms with Crippen LogP contribution >= 0.6 is 27.3 Å². The smallest absolute Gasteiger partial charge is 0.311 e. The minimum atomic E-state index is -0.459. The molecule has 0 saturated heterocycles. The quantitative estimate of drug-likeness (QED) is 0.688. The Labute approximate surface area is 115 Å². The molecule has 0 unspecified atom stereocenters. The molecule has 2 aromatic rings. The zero-order valence-electron chi connectivity index (χ0n) is 9.38. The van der Waals surface area contributed by atoms with Gasteiger partial charge in [0, 0.05) is 11.1 Å². The van der Waals surface area contributed by atoms with E-state index in [2.05, 4.69) is 31.2 Å². The summed E-state index contributed by atoms with van der Waals surface area (Å²) in [5, 5.41) is 13.9. The average molecular weight is 329 g/mol. The third-order valence-electron chi connectivity index (χ3n) is 2.35. The maximum atomic E-state index is 10.9. The number of nitrogens with one attached hydrogen (secondary N) is 1. The Morgan fingerprint density at radius 2 is 2.33 bits per heavy atom. The third kappa shape index (κ3) is 2.65. The third-order valence-corrected chi connectivity index (χ3v) is 3.88. The molecule has 0 aliphatic carbocycles. The van der Waals surface area contributed by atoms with E-state index in [0.717, 1.165) is 10.6 Å². The topological polar surface area (TPSA) is 81.0 Å². The van der Waals surface area contributed by atoms with Gasteiger partial charge < -0.3 is 5.32 Å². The van der Waals surface area contributed by atoms with Gasteiger partial charge in [0.25, 0.3) is 0 Å². The van der Waals surface area contributed by atoms with Gasteiger partial charge in [0.05, 0.1) is 27.1 Å². The standard InChI is InChI=1S/C10H9BrN4O2S/c1-6-9(18-5-14-6)4-13-10-7(11)2-12-3-8(10)15(16)17/h2-3,5H,4H2,1H3,(H,12,13). The fourth-order valence-electron chi connectivity index (χ4n) is 1.40. The van der Waals surface area contributed by atoms with Crippen LogP contribution in [-0.2, 0) is 6.54 Å². The highest BCUT2D eigenvalue weighted by Gasteiger charge is 2.17. The fraction of sp³-hybridized carbons (Fsp3) is 0.200. The molecule has 2 aromatic heterocycles. The van der Waals surface area contributed by atoms with Gasteiger partial charge >= 0.3 is 5.69 Å². The predicted molar refractivity (Wildman–Crippen MR) is 72.8 cm³/mol. The van der Waals surface area contributed by atoms with Gasteiger partial charge in [-0.2, -0.15) is 0 Å². The van der Waals surface area contributed by atoms with Gasteiger partial charge in [0.15, 0.2) is 0 Å². The number of aryl methyl sites for hydroxylation is 1. The van der Waals surface area contributed by atoms with Crippen LogP contribution in [-0.4, -0.2) is 14.9 Å². The van der Waals surface area contributed by atoms with Crippen LogP contribution in [0.5, 0.6) is 0 Å². The highest BCUT2D eigenvalue weighted by Crippen LogP contribution is 2.31. The van der Waals surface area contributed by atoms with Gasteiger partial charge in [-0.05, 0) is 22.9 Å². The summed E-state index contributed by atoms with van der Waals surface area (Å²) >= 11 is 4.77. The molecule has 2 rings (SSSR count). The molecule has 0 radical (unpaired) electrons. The molecule has 0 aliphatic heterocycles.